The molecule has 4 fully saturated rings. The van der Waals surface area contributed by atoms with Gasteiger partial charge in [0.15, 0.2) is 0 Å². The molecule has 0 unspecified atom stereocenters. The predicted octanol–water partition coefficient (Wildman–Crippen LogP) is 6.39. The van der Waals surface area contributed by atoms with Crippen molar-refractivity contribution in [1.82, 2.24) is 0 Å². The van der Waals surface area contributed by atoms with Crippen molar-refractivity contribution >= 4 is 12.3 Å². The van der Waals surface area contributed by atoms with Gasteiger partial charge in [0.25, 0.3) is 0 Å². The highest BCUT2D eigenvalue weighted by molar-refractivity contribution is 5.84. The largest absolute Gasteiger partial charge is 0.508 e. The Balaban J connectivity index is 1.47. The topological polar surface area (TPSA) is 52.8 Å². The normalized spacial score (nSPS) is 30.9. The molecule has 4 saturated carbocycles. The average Bonchev–Trinajstić information content (AvgIpc) is 2.68. The smallest absolute Gasteiger partial charge is 0.119 e. The lowest BCUT2D eigenvalue weighted by molar-refractivity contribution is -0.00611. The summed E-state index contributed by atoms with van der Waals surface area (Å²) in [5.74, 6) is 3.07. The summed E-state index contributed by atoms with van der Waals surface area (Å²) in [5, 5.41) is 22.5. The summed E-state index contributed by atoms with van der Waals surface area (Å²) in [5.41, 5.74) is 5.70. The first-order chi connectivity index (χ1) is 14.0. The van der Waals surface area contributed by atoms with Gasteiger partial charge in [-0.25, -0.2) is 0 Å². The number of hydrogen-bond donors (Lipinski definition) is 2. The fourth-order valence-electron chi connectivity index (χ4n) is 6.74. The van der Waals surface area contributed by atoms with Crippen LogP contribution in [0.1, 0.15) is 56.6 Å². The van der Waals surface area contributed by atoms with E-state index >= 15 is 0 Å². The number of phenols is 1. The molecular formula is C26H29NO2. The number of benzene rings is 2. The minimum absolute atomic E-state index is 0.193. The fourth-order valence-corrected chi connectivity index (χ4v) is 6.74. The molecule has 0 amide bonds. The average molecular weight is 388 g/mol. The molecule has 0 heterocycles. The van der Waals surface area contributed by atoms with Gasteiger partial charge in [0, 0.05) is 5.56 Å². The second kappa shape index (κ2) is 7.05. The Kier molecular flexibility index (Phi) is 4.49. The molecule has 2 aromatic rings. The lowest BCUT2D eigenvalue weighted by Gasteiger charge is -2.57. The third-order valence-corrected chi connectivity index (χ3v) is 7.51. The van der Waals surface area contributed by atoms with Gasteiger partial charge in [-0.15, -0.1) is 0 Å². The predicted molar refractivity (Wildman–Crippen MR) is 117 cm³/mol. The van der Waals surface area contributed by atoms with E-state index in [1.807, 2.05) is 25.1 Å². The highest BCUT2D eigenvalue weighted by atomic mass is 16.4. The van der Waals surface area contributed by atoms with Crippen molar-refractivity contribution in [3.05, 3.63) is 59.2 Å². The minimum atomic E-state index is 0.193. The van der Waals surface area contributed by atoms with Crippen LogP contribution in [-0.4, -0.2) is 16.5 Å². The maximum Gasteiger partial charge on any atom is 0.119 e. The molecule has 0 radical (unpaired) electrons. The Morgan fingerprint density at radius 3 is 2.10 bits per heavy atom. The SMILES string of the molecule is CC(/C=N/O)=C\c1ccc(-c2ccc(O)c(C34CC5CC(CC(C5)C3)C4)c2)cc1. The maximum absolute atomic E-state index is 10.8. The van der Waals surface area contributed by atoms with Crippen LogP contribution in [0.25, 0.3) is 17.2 Å². The number of rotatable bonds is 4. The molecule has 0 atom stereocenters. The number of nitrogens with zero attached hydrogens (tertiary/aromatic N) is 1. The molecule has 4 aliphatic carbocycles. The van der Waals surface area contributed by atoms with Gasteiger partial charge in [-0.3, -0.25) is 0 Å². The highest BCUT2D eigenvalue weighted by Gasteiger charge is 2.52. The van der Waals surface area contributed by atoms with E-state index in [9.17, 15) is 5.11 Å². The van der Waals surface area contributed by atoms with Gasteiger partial charge in [-0.1, -0.05) is 41.6 Å². The van der Waals surface area contributed by atoms with Gasteiger partial charge in [-0.05, 0) is 103 Å². The van der Waals surface area contributed by atoms with Gasteiger partial charge < -0.3 is 10.3 Å². The first kappa shape index (κ1) is 18.5. The number of oxime groups is 1. The molecule has 0 saturated heterocycles. The number of aromatic hydroxyl groups is 1. The zero-order valence-corrected chi connectivity index (χ0v) is 17.0. The monoisotopic (exact) mass is 387 g/mol. The van der Waals surface area contributed by atoms with Crippen LogP contribution in [-0.2, 0) is 5.41 Å². The summed E-state index contributed by atoms with van der Waals surface area (Å²) < 4.78 is 0. The van der Waals surface area contributed by atoms with Crippen molar-refractivity contribution in [1.29, 1.82) is 0 Å². The molecule has 0 aromatic heterocycles. The van der Waals surface area contributed by atoms with Crippen molar-refractivity contribution in [2.24, 2.45) is 22.9 Å². The molecule has 4 aliphatic rings. The zero-order valence-electron chi connectivity index (χ0n) is 17.0. The molecule has 3 nitrogen and oxygen atoms in total. The molecule has 2 aromatic carbocycles. The second-order valence-corrected chi connectivity index (χ2v) is 9.68. The van der Waals surface area contributed by atoms with Crippen LogP contribution in [0.2, 0.25) is 0 Å². The summed E-state index contributed by atoms with van der Waals surface area (Å²) >= 11 is 0. The minimum Gasteiger partial charge on any atom is -0.508 e. The summed E-state index contributed by atoms with van der Waals surface area (Å²) in [4.78, 5) is 0. The Morgan fingerprint density at radius 1 is 0.931 bits per heavy atom. The standard InChI is InChI=1S/C26H29NO2/c1-17(16-27-29)8-18-2-4-22(5-3-18)23-6-7-25(28)24(12-23)26-13-19-9-20(14-26)11-21(10-19)15-26/h2-8,12,16,19-21,28-29H,9-11,13-15H2,1H3/b17-8+,27-16+. The summed E-state index contributed by atoms with van der Waals surface area (Å²) in [7, 11) is 0. The second-order valence-electron chi connectivity index (χ2n) is 9.68. The quantitative estimate of drug-likeness (QED) is 0.363. The zero-order chi connectivity index (χ0) is 20.0. The van der Waals surface area contributed by atoms with Gasteiger partial charge in [0.05, 0.1) is 6.21 Å². The van der Waals surface area contributed by atoms with Crippen LogP contribution in [0.5, 0.6) is 5.75 Å². The van der Waals surface area contributed by atoms with Crippen LogP contribution in [0.3, 0.4) is 0 Å². The molecule has 150 valence electrons. The van der Waals surface area contributed by atoms with Crippen molar-refractivity contribution in [2.45, 2.75) is 50.9 Å². The Bertz CT molecular complexity index is 935. The summed E-state index contributed by atoms with van der Waals surface area (Å²) in [6, 6.07) is 14.6. The van der Waals surface area contributed by atoms with Crippen molar-refractivity contribution in [2.75, 3.05) is 0 Å². The van der Waals surface area contributed by atoms with Crippen LogP contribution < -0.4 is 0 Å². The van der Waals surface area contributed by atoms with Crippen LogP contribution in [0.4, 0.5) is 0 Å². The lowest BCUT2D eigenvalue weighted by Crippen LogP contribution is -2.48. The van der Waals surface area contributed by atoms with E-state index in [4.69, 9.17) is 5.21 Å². The Labute approximate surface area is 172 Å². The first-order valence-corrected chi connectivity index (χ1v) is 10.8. The van der Waals surface area contributed by atoms with Gasteiger partial charge >= 0.3 is 0 Å². The molecule has 2 N–H and O–H groups in total. The molecule has 3 heteroatoms. The van der Waals surface area contributed by atoms with E-state index in [0.29, 0.717) is 5.75 Å². The van der Waals surface area contributed by atoms with Gasteiger partial charge in [0.2, 0.25) is 0 Å². The van der Waals surface area contributed by atoms with Crippen LogP contribution in [0, 0.1) is 17.8 Å². The van der Waals surface area contributed by atoms with Crippen molar-refractivity contribution in [3.8, 4) is 16.9 Å². The van der Waals surface area contributed by atoms with Crippen molar-refractivity contribution in [3.63, 3.8) is 0 Å². The molecule has 0 spiro atoms. The number of allylic oxidation sites excluding steroid dienone is 1. The number of hydrogen-bond acceptors (Lipinski definition) is 3. The van der Waals surface area contributed by atoms with Gasteiger partial charge in [0.1, 0.15) is 5.75 Å². The molecule has 4 bridgehead atoms. The lowest BCUT2D eigenvalue weighted by atomic mass is 9.48. The van der Waals surface area contributed by atoms with Crippen LogP contribution in [0.15, 0.2) is 53.2 Å². The van der Waals surface area contributed by atoms with E-state index in [1.165, 1.54) is 61.4 Å². The molecular weight excluding hydrogens is 358 g/mol. The third-order valence-electron chi connectivity index (χ3n) is 7.51. The summed E-state index contributed by atoms with van der Waals surface area (Å²) in [6.07, 6.45) is 11.4. The Hall–Kier alpha value is -2.55. The Morgan fingerprint density at radius 2 is 1.52 bits per heavy atom. The van der Waals surface area contributed by atoms with Crippen molar-refractivity contribution < 1.29 is 10.3 Å². The summed E-state index contributed by atoms with van der Waals surface area (Å²) in [6.45, 7) is 1.91. The first-order valence-electron chi connectivity index (χ1n) is 10.8. The van der Waals surface area contributed by atoms with Crippen LogP contribution >= 0.6 is 0 Å². The fraction of sp³-hybridized carbons (Fsp3) is 0.423. The van der Waals surface area contributed by atoms with Gasteiger partial charge in [-0.2, -0.15) is 0 Å². The van der Waals surface area contributed by atoms with E-state index in [2.05, 4.69) is 35.5 Å². The van der Waals surface area contributed by atoms with E-state index in [0.717, 1.165) is 28.9 Å². The van der Waals surface area contributed by atoms with E-state index in [1.54, 1.807) is 0 Å². The molecule has 29 heavy (non-hydrogen) atoms. The highest BCUT2D eigenvalue weighted by Crippen LogP contribution is 2.62. The maximum atomic E-state index is 10.8. The van der Waals surface area contributed by atoms with E-state index in [-0.39, 0.29) is 5.41 Å². The number of phenolic OH excluding ortho intramolecular Hbond substituents is 1. The molecule has 6 rings (SSSR count). The third kappa shape index (κ3) is 3.37. The molecule has 0 aliphatic heterocycles. The van der Waals surface area contributed by atoms with E-state index < -0.39 is 0 Å².